The Labute approximate surface area is 87.1 Å². The summed E-state index contributed by atoms with van der Waals surface area (Å²) in [4.78, 5) is 16.0. The van der Waals surface area contributed by atoms with Crippen molar-refractivity contribution in [1.29, 1.82) is 0 Å². The zero-order valence-corrected chi connectivity index (χ0v) is 9.79. The van der Waals surface area contributed by atoms with Crippen LogP contribution in [0.2, 0.25) is 0 Å². The molecule has 0 aromatic rings. The number of likely N-dealkylation sites (tertiary alicyclic amines) is 1. The van der Waals surface area contributed by atoms with E-state index in [4.69, 9.17) is 0 Å². The van der Waals surface area contributed by atoms with Gasteiger partial charge in [0.15, 0.2) is 0 Å². The number of rotatable bonds is 2. The zero-order chi connectivity index (χ0) is 10.7. The zero-order valence-electron chi connectivity index (χ0n) is 9.79. The molecule has 0 saturated carbocycles. The Morgan fingerprint density at radius 1 is 1.29 bits per heavy atom. The van der Waals surface area contributed by atoms with Gasteiger partial charge in [-0.2, -0.15) is 0 Å². The fourth-order valence-electron chi connectivity index (χ4n) is 1.97. The summed E-state index contributed by atoms with van der Waals surface area (Å²) in [6.07, 6.45) is 2.23. The molecule has 0 spiro atoms. The molecule has 1 aliphatic rings. The van der Waals surface area contributed by atoms with Crippen molar-refractivity contribution in [3.63, 3.8) is 0 Å². The first kappa shape index (κ1) is 11.5. The van der Waals surface area contributed by atoms with Crippen LogP contribution < -0.4 is 0 Å². The molecule has 1 amide bonds. The van der Waals surface area contributed by atoms with Gasteiger partial charge in [0.05, 0.1) is 0 Å². The average Bonchev–Trinajstić information content (AvgIpc) is 2.16. The van der Waals surface area contributed by atoms with Gasteiger partial charge in [0, 0.05) is 25.0 Å². The number of hydrogen-bond donors (Lipinski definition) is 0. The number of hydrogen-bond acceptors (Lipinski definition) is 2. The van der Waals surface area contributed by atoms with E-state index in [9.17, 15) is 4.79 Å². The fraction of sp³-hybridized carbons (Fsp3) is 0.909. The molecule has 82 valence electrons. The maximum absolute atomic E-state index is 11.7. The van der Waals surface area contributed by atoms with Crippen molar-refractivity contribution >= 4 is 5.91 Å². The summed E-state index contributed by atoms with van der Waals surface area (Å²) in [5.74, 6) is 0.452. The van der Waals surface area contributed by atoms with Gasteiger partial charge in [-0.1, -0.05) is 13.8 Å². The van der Waals surface area contributed by atoms with E-state index in [-0.39, 0.29) is 5.92 Å². The van der Waals surface area contributed by atoms with Crippen molar-refractivity contribution in [3.8, 4) is 0 Å². The van der Waals surface area contributed by atoms with E-state index in [0.717, 1.165) is 25.9 Å². The first-order valence-corrected chi connectivity index (χ1v) is 5.47. The Bertz CT molecular complexity index is 193. The van der Waals surface area contributed by atoms with E-state index < -0.39 is 0 Å². The Balaban J connectivity index is 2.39. The van der Waals surface area contributed by atoms with Crippen LogP contribution in [0.5, 0.6) is 0 Å². The van der Waals surface area contributed by atoms with Crippen LogP contribution in [0.15, 0.2) is 0 Å². The Kier molecular flexibility index (Phi) is 3.93. The standard InChI is InChI=1S/C11H22N2O/c1-9(2)11(14)13-7-5-10(6-8-13)12(3)4/h9-10H,5-8H2,1-4H3. The van der Waals surface area contributed by atoms with Gasteiger partial charge in [0.25, 0.3) is 0 Å². The van der Waals surface area contributed by atoms with Crippen LogP contribution in [-0.4, -0.2) is 48.9 Å². The van der Waals surface area contributed by atoms with Crippen molar-refractivity contribution in [2.24, 2.45) is 5.92 Å². The molecule has 0 bridgehead atoms. The van der Waals surface area contributed by atoms with Crippen molar-refractivity contribution in [1.82, 2.24) is 9.80 Å². The number of amides is 1. The van der Waals surface area contributed by atoms with E-state index in [1.165, 1.54) is 0 Å². The summed E-state index contributed by atoms with van der Waals surface area (Å²) in [6.45, 7) is 5.81. The summed E-state index contributed by atoms with van der Waals surface area (Å²) in [7, 11) is 4.23. The molecule has 0 radical (unpaired) electrons. The predicted octanol–water partition coefficient (Wildman–Crippen LogP) is 1.19. The van der Waals surface area contributed by atoms with E-state index in [2.05, 4.69) is 19.0 Å². The second-order valence-corrected chi connectivity index (χ2v) is 4.67. The smallest absolute Gasteiger partial charge is 0.225 e. The van der Waals surface area contributed by atoms with Crippen LogP contribution >= 0.6 is 0 Å². The molecule has 1 fully saturated rings. The van der Waals surface area contributed by atoms with Crippen molar-refractivity contribution < 1.29 is 4.79 Å². The highest BCUT2D eigenvalue weighted by Crippen LogP contribution is 2.15. The fourth-order valence-corrected chi connectivity index (χ4v) is 1.97. The molecule has 3 heteroatoms. The van der Waals surface area contributed by atoms with Crippen molar-refractivity contribution in [3.05, 3.63) is 0 Å². The quantitative estimate of drug-likeness (QED) is 0.665. The molecule has 1 saturated heterocycles. The van der Waals surface area contributed by atoms with Crippen LogP contribution in [0.1, 0.15) is 26.7 Å². The summed E-state index contributed by atoms with van der Waals surface area (Å²) >= 11 is 0. The topological polar surface area (TPSA) is 23.6 Å². The first-order chi connectivity index (χ1) is 6.52. The van der Waals surface area contributed by atoms with Gasteiger partial charge < -0.3 is 9.80 Å². The van der Waals surface area contributed by atoms with Crippen LogP contribution in [0, 0.1) is 5.92 Å². The lowest BCUT2D eigenvalue weighted by Gasteiger charge is -2.35. The maximum Gasteiger partial charge on any atom is 0.225 e. The minimum absolute atomic E-state index is 0.144. The second-order valence-electron chi connectivity index (χ2n) is 4.67. The summed E-state index contributed by atoms with van der Waals surface area (Å²) in [5.41, 5.74) is 0. The number of nitrogens with zero attached hydrogens (tertiary/aromatic N) is 2. The van der Waals surface area contributed by atoms with E-state index >= 15 is 0 Å². The van der Waals surface area contributed by atoms with Gasteiger partial charge in [0.2, 0.25) is 5.91 Å². The van der Waals surface area contributed by atoms with Gasteiger partial charge >= 0.3 is 0 Å². The largest absolute Gasteiger partial charge is 0.342 e. The maximum atomic E-state index is 11.7. The highest BCUT2D eigenvalue weighted by atomic mass is 16.2. The lowest BCUT2D eigenvalue weighted by Crippen LogP contribution is -2.45. The lowest BCUT2D eigenvalue weighted by molar-refractivity contribution is -0.135. The molecule has 14 heavy (non-hydrogen) atoms. The number of carbonyl (C=O) groups excluding carboxylic acids is 1. The molecule has 1 rings (SSSR count). The molecule has 0 atom stereocenters. The predicted molar refractivity (Wildman–Crippen MR) is 58.1 cm³/mol. The molecule has 0 aromatic heterocycles. The van der Waals surface area contributed by atoms with Gasteiger partial charge in [-0.3, -0.25) is 4.79 Å². The summed E-state index contributed by atoms with van der Waals surface area (Å²) in [5, 5.41) is 0. The monoisotopic (exact) mass is 198 g/mol. The Hall–Kier alpha value is -0.570. The number of carbonyl (C=O) groups is 1. The molecule has 0 unspecified atom stereocenters. The van der Waals surface area contributed by atoms with Crippen molar-refractivity contribution in [2.45, 2.75) is 32.7 Å². The highest BCUT2D eigenvalue weighted by Gasteiger charge is 2.24. The molecule has 3 nitrogen and oxygen atoms in total. The second kappa shape index (κ2) is 4.78. The third kappa shape index (κ3) is 2.71. The Morgan fingerprint density at radius 2 is 1.79 bits per heavy atom. The van der Waals surface area contributed by atoms with Gasteiger partial charge in [-0.15, -0.1) is 0 Å². The first-order valence-electron chi connectivity index (χ1n) is 5.47. The van der Waals surface area contributed by atoms with Crippen LogP contribution in [0.25, 0.3) is 0 Å². The summed E-state index contributed by atoms with van der Waals surface area (Å²) < 4.78 is 0. The van der Waals surface area contributed by atoms with Crippen LogP contribution in [-0.2, 0) is 4.79 Å². The van der Waals surface area contributed by atoms with E-state index in [1.54, 1.807) is 0 Å². The highest BCUT2D eigenvalue weighted by molar-refractivity contribution is 5.78. The molecular formula is C11H22N2O. The minimum atomic E-state index is 0.144. The normalized spacial score (nSPS) is 19.4. The molecule has 0 aliphatic carbocycles. The molecule has 0 N–H and O–H groups in total. The molecule has 0 aromatic carbocycles. The van der Waals surface area contributed by atoms with E-state index in [1.807, 2.05) is 18.7 Å². The SMILES string of the molecule is CC(C)C(=O)N1CCC(N(C)C)CC1. The third-order valence-electron chi connectivity index (χ3n) is 3.00. The lowest BCUT2D eigenvalue weighted by atomic mass is 10.0. The van der Waals surface area contributed by atoms with E-state index in [0.29, 0.717) is 11.9 Å². The molecule has 1 aliphatic heterocycles. The molecular weight excluding hydrogens is 176 g/mol. The van der Waals surface area contributed by atoms with Crippen molar-refractivity contribution in [2.75, 3.05) is 27.2 Å². The Morgan fingerprint density at radius 3 is 2.14 bits per heavy atom. The summed E-state index contributed by atoms with van der Waals surface area (Å²) in [6, 6.07) is 0.659. The number of piperidine rings is 1. The third-order valence-corrected chi connectivity index (χ3v) is 3.00. The van der Waals surface area contributed by atoms with Gasteiger partial charge in [-0.05, 0) is 26.9 Å². The van der Waals surface area contributed by atoms with Crippen LogP contribution in [0.3, 0.4) is 0 Å². The average molecular weight is 198 g/mol. The minimum Gasteiger partial charge on any atom is -0.342 e. The van der Waals surface area contributed by atoms with Gasteiger partial charge in [-0.25, -0.2) is 0 Å². The van der Waals surface area contributed by atoms with Crippen LogP contribution in [0.4, 0.5) is 0 Å². The molecule has 1 heterocycles. The van der Waals surface area contributed by atoms with Gasteiger partial charge in [0.1, 0.15) is 0 Å².